The van der Waals surface area contributed by atoms with Gasteiger partial charge in [0.15, 0.2) is 0 Å². The summed E-state index contributed by atoms with van der Waals surface area (Å²) in [6.07, 6.45) is 3.98. The first-order chi connectivity index (χ1) is 7.04. The van der Waals surface area contributed by atoms with Crippen molar-refractivity contribution in [3.63, 3.8) is 0 Å². The fourth-order valence-corrected chi connectivity index (χ4v) is 1.22. The first-order valence-corrected chi connectivity index (χ1v) is 5.05. The first kappa shape index (κ1) is 13.9. The maximum absolute atomic E-state index is 9.62. The van der Waals surface area contributed by atoms with Crippen molar-refractivity contribution in [3.8, 4) is 0 Å². The van der Waals surface area contributed by atoms with E-state index in [1.54, 1.807) is 6.08 Å². The molecule has 3 heteroatoms. The molecule has 0 aromatic carbocycles. The van der Waals surface area contributed by atoms with E-state index in [4.69, 9.17) is 5.11 Å². The second-order valence-electron chi connectivity index (χ2n) is 3.66. The van der Waals surface area contributed by atoms with Crippen molar-refractivity contribution in [2.24, 2.45) is 0 Å². The molecule has 3 nitrogen and oxygen atoms in total. The summed E-state index contributed by atoms with van der Waals surface area (Å²) in [4.78, 5) is 0. The first-order valence-electron chi connectivity index (χ1n) is 5.05. The fourth-order valence-electron chi connectivity index (χ4n) is 1.22. The molecule has 1 unspecified atom stereocenters. The van der Waals surface area contributed by atoms with E-state index >= 15 is 0 Å². The number of aliphatic hydroxyl groups excluding tert-OH is 2. The Morgan fingerprint density at radius 3 is 2.53 bits per heavy atom. The average molecular weight is 211 g/mol. The Labute approximate surface area is 91.8 Å². The quantitative estimate of drug-likeness (QED) is 0.465. The van der Waals surface area contributed by atoms with Crippen molar-refractivity contribution in [3.05, 3.63) is 35.6 Å². The van der Waals surface area contributed by atoms with Gasteiger partial charge < -0.3 is 15.5 Å². The van der Waals surface area contributed by atoms with Gasteiger partial charge in [-0.15, -0.1) is 0 Å². The van der Waals surface area contributed by atoms with Crippen molar-refractivity contribution >= 4 is 0 Å². The van der Waals surface area contributed by atoms with E-state index in [0.717, 1.165) is 12.0 Å². The highest BCUT2D eigenvalue weighted by Crippen LogP contribution is 2.10. The number of allylic oxidation sites excluding steroid dienone is 1. The van der Waals surface area contributed by atoms with Crippen molar-refractivity contribution in [2.45, 2.75) is 26.3 Å². The van der Waals surface area contributed by atoms with Gasteiger partial charge in [0.1, 0.15) is 5.76 Å². The Morgan fingerprint density at radius 1 is 1.53 bits per heavy atom. The molecular weight excluding hydrogens is 190 g/mol. The molecule has 0 rings (SSSR count). The summed E-state index contributed by atoms with van der Waals surface area (Å²) in [7, 11) is 1.90. The zero-order valence-electron chi connectivity index (χ0n) is 9.75. The third kappa shape index (κ3) is 5.40. The highest BCUT2D eigenvalue weighted by molar-refractivity contribution is 5.29. The largest absolute Gasteiger partial charge is 0.508 e. The SMILES string of the molecule is C=C/C(CO)=C(O)\C=C(/C)CC(C)NC. The van der Waals surface area contributed by atoms with Crippen LogP contribution >= 0.6 is 0 Å². The van der Waals surface area contributed by atoms with Gasteiger partial charge in [-0.1, -0.05) is 18.2 Å². The Kier molecular flexibility index (Phi) is 6.75. The van der Waals surface area contributed by atoms with Crippen LogP contribution in [0.5, 0.6) is 0 Å². The lowest BCUT2D eigenvalue weighted by Gasteiger charge is -2.10. The summed E-state index contributed by atoms with van der Waals surface area (Å²) in [5.41, 5.74) is 1.51. The lowest BCUT2D eigenvalue weighted by atomic mass is 10.1. The van der Waals surface area contributed by atoms with Crippen molar-refractivity contribution in [2.75, 3.05) is 13.7 Å². The normalized spacial score (nSPS) is 15.9. The lowest BCUT2D eigenvalue weighted by molar-refractivity contribution is 0.322. The van der Waals surface area contributed by atoms with Crippen molar-refractivity contribution in [1.29, 1.82) is 0 Å². The van der Waals surface area contributed by atoms with Gasteiger partial charge in [0, 0.05) is 11.6 Å². The minimum Gasteiger partial charge on any atom is -0.508 e. The molecular formula is C12H21NO2. The van der Waals surface area contributed by atoms with Crippen LogP contribution in [0.4, 0.5) is 0 Å². The molecule has 86 valence electrons. The van der Waals surface area contributed by atoms with Crippen LogP contribution in [0.15, 0.2) is 35.6 Å². The monoisotopic (exact) mass is 211 g/mol. The molecule has 0 radical (unpaired) electrons. The number of nitrogens with one attached hydrogen (secondary N) is 1. The summed E-state index contributed by atoms with van der Waals surface area (Å²) in [5, 5.41) is 21.6. The average Bonchev–Trinajstić information content (AvgIpc) is 2.19. The van der Waals surface area contributed by atoms with Crippen LogP contribution in [0.3, 0.4) is 0 Å². The van der Waals surface area contributed by atoms with Gasteiger partial charge in [0.25, 0.3) is 0 Å². The summed E-state index contributed by atoms with van der Waals surface area (Å²) in [6, 6.07) is 0.371. The minimum atomic E-state index is -0.194. The molecule has 0 aliphatic heterocycles. The molecule has 15 heavy (non-hydrogen) atoms. The van der Waals surface area contributed by atoms with E-state index < -0.39 is 0 Å². The van der Waals surface area contributed by atoms with Gasteiger partial charge in [-0.05, 0) is 33.4 Å². The van der Waals surface area contributed by atoms with E-state index in [0.29, 0.717) is 11.6 Å². The maximum atomic E-state index is 9.62. The summed E-state index contributed by atoms with van der Waals surface area (Å²) < 4.78 is 0. The van der Waals surface area contributed by atoms with Crippen LogP contribution in [0.25, 0.3) is 0 Å². The number of aliphatic hydroxyl groups is 2. The van der Waals surface area contributed by atoms with Crippen LogP contribution < -0.4 is 5.32 Å². The van der Waals surface area contributed by atoms with E-state index in [9.17, 15) is 5.11 Å². The second-order valence-corrected chi connectivity index (χ2v) is 3.66. The van der Waals surface area contributed by atoms with E-state index in [-0.39, 0.29) is 12.4 Å². The number of rotatable bonds is 6. The van der Waals surface area contributed by atoms with Crippen molar-refractivity contribution in [1.82, 2.24) is 5.32 Å². The minimum absolute atomic E-state index is 0.0910. The lowest BCUT2D eigenvalue weighted by Crippen LogP contribution is -2.21. The van der Waals surface area contributed by atoms with Crippen LogP contribution in [-0.2, 0) is 0 Å². The molecule has 0 aromatic rings. The Hall–Kier alpha value is -1.06. The molecule has 0 saturated heterocycles. The van der Waals surface area contributed by atoms with Gasteiger partial charge in [-0.2, -0.15) is 0 Å². The van der Waals surface area contributed by atoms with Gasteiger partial charge in [-0.3, -0.25) is 0 Å². The third-order valence-corrected chi connectivity index (χ3v) is 2.25. The predicted molar refractivity (Wildman–Crippen MR) is 63.8 cm³/mol. The molecule has 0 spiro atoms. The molecule has 0 aliphatic rings. The summed E-state index contributed by atoms with van der Waals surface area (Å²) in [6.45, 7) is 7.34. The number of hydrogen-bond donors (Lipinski definition) is 3. The van der Waals surface area contributed by atoms with Crippen LogP contribution in [0, 0.1) is 0 Å². The number of hydrogen-bond acceptors (Lipinski definition) is 3. The molecule has 1 atom stereocenters. The fraction of sp³-hybridized carbons (Fsp3) is 0.500. The topological polar surface area (TPSA) is 52.5 Å². The van der Waals surface area contributed by atoms with Gasteiger partial charge in [-0.25, -0.2) is 0 Å². The van der Waals surface area contributed by atoms with Gasteiger partial charge >= 0.3 is 0 Å². The molecule has 0 aromatic heterocycles. The van der Waals surface area contributed by atoms with Crippen molar-refractivity contribution < 1.29 is 10.2 Å². The molecule has 0 saturated carbocycles. The molecule has 0 aliphatic carbocycles. The summed E-state index contributed by atoms with van der Waals surface area (Å²) >= 11 is 0. The molecule has 0 bridgehead atoms. The Morgan fingerprint density at radius 2 is 2.13 bits per heavy atom. The standard InChI is InChI=1S/C12H21NO2/c1-5-11(8-14)12(15)7-9(2)6-10(3)13-4/h5,7,10,13-15H,1,6,8H2,2-4H3/b9-7+,12-11-. The van der Waals surface area contributed by atoms with Crippen LogP contribution in [0.1, 0.15) is 20.3 Å². The van der Waals surface area contributed by atoms with Gasteiger partial charge in [0.2, 0.25) is 0 Å². The highest BCUT2D eigenvalue weighted by atomic mass is 16.3. The molecule has 0 fully saturated rings. The van der Waals surface area contributed by atoms with Crippen LogP contribution in [0.2, 0.25) is 0 Å². The Bertz CT molecular complexity index is 267. The smallest absolute Gasteiger partial charge is 0.121 e. The maximum Gasteiger partial charge on any atom is 0.121 e. The predicted octanol–water partition coefficient (Wildman–Crippen LogP) is 1.92. The van der Waals surface area contributed by atoms with E-state index in [2.05, 4.69) is 18.8 Å². The van der Waals surface area contributed by atoms with E-state index in [1.165, 1.54) is 6.08 Å². The Balaban J connectivity index is 4.59. The zero-order valence-corrected chi connectivity index (χ0v) is 9.75. The third-order valence-electron chi connectivity index (χ3n) is 2.25. The second kappa shape index (κ2) is 7.26. The molecule has 0 heterocycles. The van der Waals surface area contributed by atoms with Crippen LogP contribution in [-0.4, -0.2) is 29.9 Å². The zero-order chi connectivity index (χ0) is 11.8. The molecule has 3 N–H and O–H groups in total. The summed E-state index contributed by atoms with van der Waals surface area (Å²) in [5.74, 6) is 0.0910. The highest BCUT2D eigenvalue weighted by Gasteiger charge is 2.02. The van der Waals surface area contributed by atoms with Gasteiger partial charge in [0.05, 0.1) is 6.61 Å². The van der Waals surface area contributed by atoms with E-state index in [1.807, 2.05) is 14.0 Å². The molecule has 0 amide bonds.